The average molecular weight is 611 g/mol. The van der Waals surface area contributed by atoms with Gasteiger partial charge in [0, 0.05) is 0 Å². The fourth-order valence-corrected chi connectivity index (χ4v) is 13.8. The molecule has 9 aromatic rings. The molecular weight excluding hydrogens is 581 g/mol. The summed E-state index contributed by atoms with van der Waals surface area (Å²) in [5.74, 6) is 0. The second-order valence-corrected chi connectivity index (χ2v) is 16.5. The lowest BCUT2D eigenvalue weighted by molar-refractivity contribution is 1.63. The Balaban J connectivity index is 1.40. The van der Waals surface area contributed by atoms with Gasteiger partial charge in [0.25, 0.3) is 0 Å². The van der Waals surface area contributed by atoms with Crippen LogP contribution in [0.3, 0.4) is 0 Å². The van der Waals surface area contributed by atoms with Crippen LogP contribution < -0.4 is 20.7 Å². The van der Waals surface area contributed by atoms with E-state index in [1.54, 1.807) is 0 Å². The minimum Gasteiger partial charge on any atom is -0.0623 e. The Bertz CT molecular complexity index is 2630. The molecule has 0 atom stereocenters. The van der Waals surface area contributed by atoms with E-state index in [0.717, 1.165) is 0 Å². The summed E-state index contributed by atoms with van der Waals surface area (Å²) in [4.78, 5) is 0. The Morgan fingerprint density at radius 1 is 0.298 bits per heavy atom. The van der Waals surface area contributed by atoms with Gasteiger partial charge >= 0.3 is 0 Å². The van der Waals surface area contributed by atoms with Gasteiger partial charge in [0.1, 0.15) is 0 Å². The van der Waals surface area contributed by atoms with Crippen molar-refractivity contribution >= 4 is 71.9 Å². The van der Waals surface area contributed by atoms with Crippen molar-refractivity contribution in [1.29, 1.82) is 0 Å². The van der Waals surface area contributed by atoms with Crippen molar-refractivity contribution in [2.75, 3.05) is 0 Å². The van der Waals surface area contributed by atoms with Gasteiger partial charge in [0.2, 0.25) is 0 Å². The fraction of sp³-hybridized carbons (Fsp3) is 0. The minimum absolute atomic E-state index is 1.27. The smallest absolute Gasteiger partial charge is 0.0623 e. The Morgan fingerprint density at radius 3 is 1.70 bits per heavy atom. The summed E-state index contributed by atoms with van der Waals surface area (Å²) < 4.78 is 0. The SMILES string of the molecule is c1ccc([Si]2(c3ccccc3)c3ccccc3-c3cccc4c(-c5c6ccccc6cc6c5ccc5ccccc56)ccc2c34)cc1. The lowest BCUT2D eigenvalue weighted by Crippen LogP contribution is -2.76. The van der Waals surface area contributed by atoms with Crippen LogP contribution in [0.15, 0.2) is 182 Å². The molecular formula is C46H30Si. The first-order chi connectivity index (χ1) is 23.3. The number of hydrogen-bond donors (Lipinski definition) is 0. The molecule has 0 bridgehead atoms. The Labute approximate surface area is 275 Å². The molecule has 1 aliphatic heterocycles. The first-order valence-electron chi connectivity index (χ1n) is 16.4. The van der Waals surface area contributed by atoms with Crippen molar-refractivity contribution in [3.8, 4) is 22.3 Å². The molecule has 218 valence electrons. The highest BCUT2D eigenvalue weighted by molar-refractivity contribution is 7.21. The van der Waals surface area contributed by atoms with Crippen LogP contribution in [0.2, 0.25) is 0 Å². The molecule has 0 N–H and O–H groups in total. The van der Waals surface area contributed by atoms with Gasteiger partial charge in [0.15, 0.2) is 8.07 Å². The zero-order valence-corrected chi connectivity index (χ0v) is 26.8. The summed E-state index contributed by atoms with van der Waals surface area (Å²) in [6.07, 6.45) is 0. The monoisotopic (exact) mass is 610 g/mol. The number of benzene rings is 9. The van der Waals surface area contributed by atoms with Gasteiger partial charge < -0.3 is 0 Å². The standard InChI is InChI=1S/C46H30Si/c1-3-16-33(17-4-1)47(34-18-5-2-6-19-34)43-25-12-11-22-37(43)38-23-13-24-39-40(28-29-44(47)46(38)39)45-36-21-10-8-15-32(36)30-42-35-20-9-7-14-31(35)26-27-41(42)45/h1-30H. The highest BCUT2D eigenvalue weighted by Crippen LogP contribution is 2.44. The number of rotatable bonds is 3. The topological polar surface area (TPSA) is 0 Å². The van der Waals surface area contributed by atoms with Crippen molar-refractivity contribution in [3.63, 3.8) is 0 Å². The molecule has 0 radical (unpaired) electrons. The summed E-state index contributed by atoms with van der Waals surface area (Å²) in [7, 11) is -2.67. The molecule has 0 saturated heterocycles. The maximum atomic E-state index is 2.50. The molecule has 47 heavy (non-hydrogen) atoms. The van der Waals surface area contributed by atoms with Gasteiger partial charge in [-0.1, -0.05) is 176 Å². The number of fused-ring (bicyclic) bond motifs is 6. The van der Waals surface area contributed by atoms with Gasteiger partial charge in [0.05, 0.1) is 0 Å². The second kappa shape index (κ2) is 10.1. The van der Waals surface area contributed by atoms with Crippen LogP contribution in [0.4, 0.5) is 0 Å². The molecule has 1 heteroatoms. The van der Waals surface area contributed by atoms with Crippen molar-refractivity contribution in [2.24, 2.45) is 0 Å². The Morgan fingerprint density at radius 2 is 0.915 bits per heavy atom. The molecule has 1 heterocycles. The number of hydrogen-bond acceptors (Lipinski definition) is 0. The summed E-state index contributed by atoms with van der Waals surface area (Å²) >= 11 is 0. The summed E-state index contributed by atoms with van der Waals surface area (Å²) in [5, 5.41) is 16.2. The first kappa shape index (κ1) is 26.5. The lowest BCUT2D eigenvalue weighted by atomic mass is 9.86. The zero-order valence-electron chi connectivity index (χ0n) is 25.8. The van der Waals surface area contributed by atoms with Crippen LogP contribution in [0.25, 0.3) is 65.3 Å². The first-order valence-corrected chi connectivity index (χ1v) is 18.4. The molecule has 0 aromatic heterocycles. The largest absolute Gasteiger partial charge is 0.180 e. The van der Waals surface area contributed by atoms with E-state index in [2.05, 4.69) is 182 Å². The van der Waals surface area contributed by atoms with Crippen LogP contribution in [0.1, 0.15) is 0 Å². The normalized spacial score (nSPS) is 13.3. The molecule has 0 unspecified atom stereocenters. The molecule has 0 saturated carbocycles. The van der Waals surface area contributed by atoms with Crippen LogP contribution >= 0.6 is 0 Å². The summed E-state index contributed by atoms with van der Waals surface area (Å²) in [6, 6.07) is 68.5. The van der Waals surface area contributed by atoms with Gasteiger partial charge in [-0.15, -0.1) is 0 Å². The van der Waals surface area contributed by atoms with Crippen molar-refractivity contribution in [3.05, 3.63) is 182 Å². The molecule has 0 nitrogen and oxygen atoms in total. The molecule has 0 amide bonds. The summed E-state index contributed by atoms with van der Waals surface area (Å²) in [6.45, 7) is 0. The van der Waals surface area contributed by atoms with E-state index in [1.165, 1.54) is 86.1 Å². The van der Waals surface area contributed by atoms with E-state index in [9.17, 15) is 0 Å². The van der Waals surface area contributed by atoms with E-state index in [1.807, 2.05) is 0 Å². The Hall–Kier alpha value is -5.76. The van der Waals surface area contributed by atoms with E-state index in [4.69, 9.17) is 0 Å². The fourth-order valence-electron chi connectivity index (χ4n) is 8.63. The van der Waals surface area contributed by atoms with E-state index in [0.29, 0.717) is 0 Å². The quantitative estimate of drug-likeness (QED) is 0.106. The second-order valence-electron chi connectivity index (χ2n) is 12.8. The minimum atomic E-state index is -2.67. The Kier molecular flexibility index (Phi) is 5.70. The molecule has 0 aliphatic carbocycles. The zero-order chi connectivity index (χ0) is 31.0. The van der Waals surface area contributed by atoms with E-state index in [-0.39, 0.29) is 0 Å². The van der Waals surface area contributed by atoms with Crippen LogP contribution in [0, 0.1) is 0 Å². The van der Waals surface area contributed by atoms with Gasteiger partial charge in [-0.25, -0.2) is 0 Å². The predicted molar refractivity (Wildman–Crippen MR) is 205 cm³/mol. The van der Waals surface area contributed by atoms with Crippen molar-refractivity contribution in [2.45, 2.75) is 0 Å². The van der Waals surface area contributed by atoms with Crippen LogP contribution in [-0.2, 0) is 0 Å². The lowest BCUT2D eigenvalue weighted by Gasteiger charge is -2.40. The molecule has 0 fully saturated rings. The van der Waals surface area contributed by atoms with E-state index < -0.39 is 8.07 Å². The third-order valence-corrected chi connectivity index (χ3v) is 15.4. The molecule has 10 rings (SSSR count). The van der Waals surface area contributed by atoms with Crippen LogP contribution in [-0.4, -0.2) is 8.07 Å². The maximum absolute atomic E-state index is 2.67. The highest BCUT2D eigenvalue weighted by atomic mass is 28.3. The third kappa shape index (κ3) is 3.63. The van der Waals surface area contributed by atoms with Gasteiger partial charge in [-0.05, 0) is 92.2 Å². The average Bonchev–Trinajstić information content (AvgIpc) is 3.15. The summed E-state index contributed by atoms with van der Waals surface area (Å²) in [5.41, 5.74) is 5.31. The van der Waals surface area contributed by atoms with Gasteiger partial charge in [-0.3, -0.25) is 0 Å². The third-order valence-electron chi connectivity index (χ3n) is 10.5. The maximum Gasteiger partial charge on any atom is 0.180 e. The van der Waals surface area contributed by atoms with Gasteiger partial charge in [-0.2, -0.15) is 0 Å². The molecule has 1 aliphatic rings. The van der Waals surface area contributed by atoms with E-state index >= 15 is 0 Å². The molecule has 9 aromatic carbocycles. The van der Waals surface area contributed by atoms with Crippen LogP contribution in [0.5, 0.6) is 0 Å². The van der Waals surface area contributed by atoms with Crippen molar-refractivity contribution < 1.29 is 0 Å². The predicted octanol–water partition coefficient (Wildman–Crippen LogP) is 9.32. The molecule has 0 spiro atoms. The van der Waals surface area contributed by atoms with Crippen molar-refractivity contribution in [1.82, 2.24) is 0 Å². The highest BCUT2D eigenvalue weighted by Gasteiger charge is 2.46.